The molecule has 0 bridgehead atoms. The van der Waals surface area contributed by atoms with Crippen LogP contribution in [0, 0.1) is 22.7 Å². The van der Waals surface area contributed by atoms with Crippen LogP contribution < -0.4 is 10.6 Å². The highest BCUT2D eigenvalue weighted by atomic mass is 35.5. The number of nitrogens with zero attached hydrogens (tertiary/aromatic N) is 2. The van der Waals surface area contributed by atoms with Crippen LogP contribution in [0.5, 0.6) is 0 Å². The van der Waals surface area contributed by atoms with Gasteiger partial charge in [0.15, 0.2) is 0 Å². The van der Waals surface area contributed by atoms with E-state index in [1.165, 1.54) is 23.5 Å². The molecule has 0 aliphatic carbocycles. The summed E-state index contributed by atoms with van der Waals surface area (Å²) in [6.45, 7) is 0. The number of carbonyl (C=O) groups excluding carboxylic acids is 2. The third kappa shape index (κ3) is 5.52. The quantitative estimate of drug-likeness (QED) is 0.448. The number of hydrogen-bond acceptors (Lipinski definition) is 6. The number of carbonyl (C=O) groups is 2. The zero-order valence-electron chi connectivity index (χ0n) is 18.2. The van der Waals surface area contributed by atoms with Gasteiger partial charge in [-0.15, -0.1) is 0 Å². The molecule has 6 nitrogen and oxygen atoms in total. The fourth-order valence-corrected chi connectivity index (χ4v) is 6.83. The lowest BCUT2D eigenvalue weighted by atomic mass is 9.87. The zero-order valence-corrected chi connectivity index (χ0v) is 21.3. The molecule has 2 aromatic carbocycles. The molecule has 0 saturated heterocycles. The van der Waals surface area contributed by atoms with Crippen LogP contribution in [0.2, 0.25) is 10.0 Å². The highest BCUT2D eigenvalue weighted by Gasteiger charge is 2.32. The van der Waals surface area contributed by atoms with Crippen LogP contribution in [-0.4, -0.2) is 16.9 Å². The van der Waals surface area contributed by atoms with Crippen LogP contribution in [0.4, 0.5) is 0 Å². The van der Waals surface area contributed by atoms with Gasteiger partial charge in [0.05, 0.1) is 38.4 Å². The van der Waals surface area contributed by atoms with Gasteiger partial charge in [0.1, 0.15) is 0 Å². The summed E-state index contributed by atoms with van der Waals surface area (Å²) < 4.78 is 0. The summed E-state index contributed by atoms with van der Waals surface area (Å²) in [6.07, 6.45) is 0.256. The highest BCUT2D eigenvalue weighted by molar-refractivity contribution is 8.19. The third-order valence-corrected chi connectivity index (χ3v) is 8.53. The smallest absolute Gasteiger partial charge is 0.225 e. The van der Waals surface area contributed by atoms with E-state index in [9.17, 15) is 20.1 Å². The summed E-state index contributed by atoms with van der Waals surface area (Å²) >= 11 is 15.2. The molecule has 2 atom stereocenters. The van der Waals surface area contributed by atoms with Crippen molar-refractivity contribution in [2.75, 3.05) is 5.08 Å². The van der Waals surface area contributed by atoms with Crippen molar-refractivity contribution in [3.8, 4) is 12.1 Å². The van der Waals surface area contributed by atoms with Gasteiger partial charge in [-0.3, -0.25) is 9.59 Å². The first-order valence-corrected chi connectivity index (χ1v) is 13.3. The van der Waals surface area contributed by atoms with Gasteiger partial charge in [-0.05, 0) is 23.3 Å². The molecule has 4 rings (SSSR count). The number of nitriles is 2. The Balaban J connectivity index is 1.58. The maximum absolute atomic E-state index is 12.4. The molecule has 0 spiro atoms. The standard InChI is InChI=1S/C25H18Cl2N4O2S2/c26-20-7-3-1-5-14(20)16-9-22(32)30-24(18(16)11-28)34-13-35-25-19(12-29)17(10-23(33)31-25)15-6-2-4-8-21(15)27/h1-8,16-17H,9-10,13H2,(H,30,32)(H,31,33). The Morgan fingerprint density at radius 3 is 1.54 bits per heavy atom. The third-order valence-electron chi connectivity index (χ3n) is 5.68. The summed E-state index contributed by atoms with van der Waals surface area (Å²) in [6, 6.07) is 18.8. The molecular formula is C25H18Cl2N4O2S2. The molecule has 10 heteroatoms. The van der Waals surface area contributed by atoms with E-state index in [0.717, 1.165) is 11.1 Å². The van der Waals surface area contributed by atoms with Gasteiger partial charge in [0.2, 0.25) is 11.8 Å². The van der Waals surface area contributed by atoms with Crippen molar-refractivity contribution in [3.63, 3.8) is 0 Å². The molecule has 0 fully saturated rings. The fourth-order valence-electron chi connectivity index (χ4n) is 4.06. The van der Waals surface area contributed by atoms with Crippen LogP contribution in [0.3, 0.4) is 0 Å². The monoisotopic (exact) mass is 540 g/mol. The van der Waals surface area contributed by atoms with Crippen molar-refractivity contribution in [1.29, 1.82) is 10.5 Å². The average Bonchev–Trinajstić information content (AvgIpc) is 2.84. The lowest BCUT2D eigenvalue weighted by molar-refractivity contribution is -0.121. The number of hydrogen-bond donors (Lipinski definition) is 2. The molecule has 0 saturated carbocycles. The molecule has 0 aromatic heterocycles. The van der Waals surface area contributed by atoms with E-state index in [1.807, 2.05) is 24.3 Å². The predicted octanol–water partition coefficient (Wildman–Crippen LogP) is 5.79. The van der Waals surface area contributed by atoms with Crippen molar-refractivity contribution in [2.45, 2.75) is 24.7 Å². The van der Waals surface area contributed by atoms with Crippen LogP contribution in [0.25, 0.3) is 0 Å². The molecule has 0 radical (unpaired) electrons. The summed E-state index contributed by atoms with van der Waals surface area (Å²) in [5, 5.41) is 27.6. The Hall–Kier alpha value is -2.88. The van der Waals surface area contributed by atoms with Crippen LogP contribution in [0.15, 0.2) is 69.7 Å². The first-order chi connectivity index (χ1) is 16.9. The molecule has 2 amide bonds. The van der Waals surface area contributed by atoms with Gasteiger partial charge in [0, 0.05) is 34.7 Å². The SMILES string of the molecule is N#CC1=C(SCSC2=C(C#N)C(c3ccccc3Cl)CC(=O)N2)NC(=O)CC1c1ccccc1Cl. The van der Waals surface area contributed by atoms with E-state index in [1.54, 1.807) is 24.3 Å². The van der Waals surface area contributed by atoms with Crippen LogP contribution in [0.1, 0.15) is 35.8 Å². The average molecular weight is 541 g/mol. The van der Waals surface area contributed by atoms with E-state index < -0.39 is 11.8 Å². The summed E-state index contributed by atoms with van der Waals surface area (Å²) in [4.78, 5) is 24.9. The molecular weight excluding hydrogens is 523 g/mol. The van der Waals surface area contributed by atoms with E-state index in [2.05, 4.69) is 22.8 Å². The minimum absolute atomic E-state index is 0.128. The number of halogens is 2. The molecule has 2 heterocycles. The Bertz CT molecular complexity index is 1240. The lowest BCUT2D eigenvalue weighted by Gasteiger charge is -2.27. The zero-order chi connectivity index (χ0) is 24.9. The minimum atomic E-state index is -0.442. The van der Waals surface area contributed by atoms with Gasteiger partial charge in [0.25, 0.3) is 0 Å². The number of benzene rings is 2. The summed E-state index contributed by atoms with van der Waals surface area (Å²) in [5.74, 6) is -1.29. The second-order valence-electron chi connectivity index (χ2n) is 7.77. The molecule has 2 N–H and O–H groups in total. The molecule has 176 valence electrons. The molecule has 2 unspecified atom stereocenters. The number of nitrogens with one attached hydrogen (secondary N) is 2. The normalized spacial score (nSPS) is 20.1. The molecule has 2 aliphatic rings. The topological polar surface area (TPSA) is 106 Å². The number of thioether (sulfide) groups is 2. The Kier molecular flexibility index (Phi) is 8.10. The molecule has 35 heavy (non-hydrogen) atoms. The molecule has 2 aliphatic heterocycles. The van der Waals surface area contributed by atoms with Crippen molar-refractivity contribution < 1.29 is 9.59 Å². The Morgan fingerprint density at radius 1 is 0.771 bits per heavy atom. The molecule has 2 aromatic rings. The largest absolute Gasteiger partial charge is 0.320 e. The minimum Gasteiger partial charge on any atom is -0.320 e. The fraction of sp³-hybridized carbons (Fsp3) is 0.200. The Labute approximate surface area is 221 Å². The van der Waals surface area contributed by atoms with Crippen LogP contribution >= 0.6 is 46.7 Å². The van der Waals surface area contributed by atoms with Crippen molar-refractivity contribution in [1.82, 2.24) is 10.6 Å². The number of allylic oxidation sites excluding steroid dienone is 2. The number of amides is 2. The second kappa shape index (κ2) is 11.2. The van der Waals surface area contributed by atoms with Gasteiger partial charge in [-0.2, -0.15) is 10.5 Å². The van der Waals surface area contributed by atoms with E-state index in [0.29, 0.717) is 36.3 Å². The lowest BCUT2D eigenvalue weighted by Crippen LogP contribution is -2.31. The Morgan fingerprint density at radius 2 is 1.17 bits per heavy atom. The summed E-state index contributed by atoms with van der Waals surface area (Å²) in [7, 11) is 0. The van der Waals surface area contributed by atoms with Gasteiger partial charge in [-0.1, -0.05) is 83.1 Å². The number of rotatable bonds is 6. The predicted molar refractivity (Wildman–Crippen MR) is 139 cm³/mol. The van der Waals surface area contributed by atoms with E-state index in [-0.39, 0.29) is 24.7 Å². The van der Waals surface area contributed by atoms with Gasteiger partial charge >= 0.3 is 0 Å². The van der Waals surface area contributed by atoms with E-state index in [4.69, 9.17) is 23.2 Å². The second-order valence-corrected chi connectivity index (χ2v) is 10.9. The summed E-state index contributed by atoms with van der Waals surface area (Å²) in [5.41, 5.74) is 2.31. The van der Waals surface area contributed by atoms with Gasteiger partial charge < -0.3 is 10.6 Å². The van der Waals surface area contributed by atoms with Crippen LogP contribution in [-0.2, 0) is 9.59 Å². The first-order valence-electron chi connectivity index (χ1n) is 10.6. The van der Waals surface area contributed by atoms with Crippen molar-refractivity contribution in [3.05, 3.63) is 90.9 Å². The maximum atomic E-state index is 12.4. The van der Waals surface area contributed by atoms with Gasteiger partial charge in [-0.25, -0.2) is 0 Å². The van der Waals surface area contributed by atoms with Crippen molar-refractivity contribution in [2.24, 2.45) is 0 Å². The van der Waals surface area contributed by atoms with E-state index >= 15 is 0 Å². The van der Waals surface area contributed by atoms with Crippen molar-refractivity contribution >= 4 is 58.5 Å². The first kappa shape index (κ1) is 25.2. The maximum Gasteiger partial charge on any atom is 0.225 e. The highest BCUT2D eigenvalue weighted by Crippen LogP contribution is 2.42.